The Kier molecular flexibility index (Phi) is 3.45. The van der Waals surface area contributed by atoms with Crippen molar-refractivity contribution in [2.24, 2.45) is 0 Å². The van der Waals surface area contributed by atoms with Crippen molar-refractivity contribution in [2.75, 3.05) is 0 Å². The van der Waals surface area contributed by atoms with Crippen LogP contribution in [0.5, 0.6) is 0 Å². The number of alkyl halides is 3. The minimum Gasteiger partial charge on any atom is -0.195 e. The fourth-order valence-corrected chi connectivity index (χ4v) is 0.413. The molecule has 0 atom stereocenters. The van der Waals surface area contributed by atoms with Gasteiger partial charge >= 0.3 is 0 Å². The Morgan fingerprint density at radius 3 is 2.00 bits per heavy atom. The van der Waals surface area contributed by atoms with Gasteiger partial charge in [0, 0.05) is 6.42 Å². The molecule has 0 saturated carbocycles. The van der Waals surface area contributed by atoms with Crippen LogP contribution >= 0.6 is 22.6 Å². The maximum Gasteiger partial charge on any atom is 0.300 e. The highest BCUT2D eigenvalue weighted by Crippen LogP contribution is 2.27. The van der Waals surface area contributed by atoms with Crippen molar-refractivity contribution in [3.63, 3.8) is 0 Å². The Labute approximate surface area is 63.1 Å². The van der Waals surface area contributed by atoms with Gasteiger partial charge in [-0.05, 0) is 28.7 Å². The highest BCUT2D eigenvalue weighted by molar-refractivity contribution is 14.1. The zero-order valence-electron chi connectivity index (χ0n) is 4.17. The van der Waals surface area contributed by atoms with Crippen molar-refractivity contribution in [1.29, 1.82) is 0 Å². The van der Waals surface area contributed by atoms with Gasteiger partial charge in [-0.25, -0.2) is 0 Å². The van der Waals surface area contributed by atoms with Gasteiger partial charge in [-0.2, -0.15) is 17.6 Å². The van der Waals surface area contributed by atoms with Crippen LogP contribution in [-0.4, -0.2) is 3.93 Å². The van der Waals surface area contributed by atoms with E-state index in [4.69, 9.17) is 0 Å². The second-order valence-corrected chi connectivity index (χ2v) is 2.89. The minimum atomic E-state index is -3.05. The number of allylic oxidation sites excluding steroid dienone is 1. The second kappa shape index (κ2) is 3.38. The molecule has 0 unspecified atom stereocenters. The molecule has 0 fully saturated rings. The van der Waals surface area contributed by atoms with Crippen molar-refractivity contribution < 1.29 is 17.6 Å². The fraction of sp³-hybridized carbons (Fsp3) is 0.500. The van der Waals surface area contributed by atoms with Gasteiger partial charge in [-0.1, -0.05) is 0 Å². The van der Waals surface area contributed by atoms with E-state index in [0.717, 1.165) is 22.6 Å². The standard InChI is InChI=1S/C4H3F4I/c5-3(6)1-2-4(7,8)9/h1H,2H2. The van der Waals surface area contributed by atoms with Gasteiger partial charge in [0.25, 0.3) is 10.0 Å². The second-order valence-electron chi connectivity index (χ2n) is 1.31. The van der Waals surface area contributed by atoms with E-state index in [9.17, 15) is 17.6 Å². The van der Waals surface area contributed by atoms with Crippen LogP contribution in [0, 0.1) is 0 Å². The van der Waals surface area contributed by atoms with Gasteiger partial charge in [0.2, 0.25) is 0 Å². The Balaban J connectivity index is 3.64. The molecule has 0 aliphatic heterocycles. The normalized spacial score (nSPS) is 11.2. The van der Waals surface area contributed by atoms with Crippen LogP contribution in [0.25, 0.3) is 0 Å². The molecule has 0 aromatic carbocycles. The molecule has 0 bridgehead atoms. The minimum absolute atomic E-state index is 0.201. The van der Waals surface area contributed by atoms with Gasteiger partial charge in [-0.15, -0.1) is 0 Å². The molecule has 0 saturated heterocycles. The fourth-order valence-electron chi connectivity index (χ4n) is 0.193. The molecule has 0 rings (SSSR count). The summed E-state index contributed by atoms with van der Waals surface area (Å²) in [6.45, 7) is 0. The SMILES string of the molecule is FC(F)=CCC(F)(F)I. The maximum absolute atomic E-state index is 11.7. The predicted molar refractivity (Wildman–Crippen MR) is 33.9 cm³/mol. The summed E-state index contributed by atoms with van der Waals surface area (Å²) in [6, 6.07) is 0. The molecule has 0 amide bonds. The van der Waals surface area contributed by atoms with E-state index in [2.05, 4.69) is 0 Å². The lowest BCUT2D eigenvalue weighted by Crippen LogP contribution is -2.00. The smallest absolute Gasteiger partial charge is 0.195 e. The molecule has 0 aliphatic carbocycles. The van der Waals surface area contributed by atoms with E-state index in [1.54, 1.807) is 0 Å². The third-order valence-electron chi connectivity index (χ3n) is 0.488. The molecule has 0 spiro atoms. The maximum atomic E-state index is 11.7. The van der Waals surface area contributed by atoms with E-state index in [1.807, 2.05) is 0 Å². The summed E-state index contributed by atoms with van der Waals surface area (Å²) >= 11 is 0.799. The average molecular weight is 254 g/mol. The predicted octanol–water partition coefficient (Wildman–Crippen LogP) is 3.18. The first-order valence-corrected chi connectivity index (χ1v) is 3.07. The summed E-state index contributed by atoms with van der Waals surface area (Å²) in [6.07, 6.45) is -2.77. The van der Waals surface area contributed by atoms with Gasteiger partial charge in [0.1, 0.15) is 0 Å². The highest BCUT2D eigenvalue weighted by Gasteiger charge is 2.21. The molecule has 5 heteroatoms. The average Bonchev–Trinajstić information content (AvgIpc) is 1.59. The zero-order chi connectivity index (χ0) is 7.49. The van der Waals surface area contributed by atoms with Crippen molar-refractivity contribution >= 4 is 22.6 Å². The van der Waals surface area contributed by atoms with E-state index >= 15 is 0 Å². The van der Waals surface area contributed by atoms with Crippen LogP contribution in [0.1, 0.15) is 6.42 Å². The van der Waals surface area contributed by atoms with Crippen LogP contribution in [0.4, 0.5) is 17.6 Å². The number of hydrogen-bond donors (Lipinski definition) is 0. The first kappa shape index (κ1) is 9.19. The van der Waals surface area contributed by atoms with Gasteiger partial charge in [0.05, 0.1) is 0 Å². The lowest BCUT2D eigenvalue weighted by atomic mass is 10.4. The molecule has 0 aliphatic rings. The Morgan fingerprint density at radius 1 is 1.44 bits per heavy atom. The summed E-state index contributed by atoms with van der Waals surface area (Å²) in [5.74, 6) is 0. The summed E-state index contributed by atoms with van der Waals surface area (Å²) in [5.41, 5.74) is 0. The molecule has 0 nitrogen and oxygen atoms in total. The monoisotopic (exact) mass is 254 g/mol. The largest absolute Gasteiger partial charge is 0.300 e. The van der Waals surface area contributed by atoms with Crippen molar-refractivity contribution in [1.82, 2.24) is 0 Å². The first-order valence-electron chi connectivity index (χ1n) is 2.00. The Morgan fingerprint density at radius 2 is 1.89 bits per heavy atom. The van der Waals surface area contributed by atoms with Crippen LogP contribution in [0.3, 0.4) is 0 Å². The van der Waals surface area contributed by atoms with E-state index in [0.29, 0.717) is 0 Å². The van der Waals surface area contributed by atoms with E-state index < -0.39 is 16.4 Å². The molecule has 0 aromatic heterocycles. The molecule has 0 heterocycles. The third-order valence-corrected chi connectivity index (χ3v) is 0.928. The molecule has 9 heavy (non-hydrogen) atoms. The van der Waals surface area contributed by atoms with Crippen LogP contribution < -0.4 is 0 Å². The van der Waals surface area contributed by atoms with Crippen molar-refractivity contribution in [3.05, 3.63) is 12.2 Å². The van der Waals surface area contributed by atoms with E-state index in [1.165, 1.54) is 0 Å². The van der Waals surface area contributed by atoms with Gasteiger partial charge < -0.3 is 0 Å². The number of rotatable bonds is 2. The lowest BCUT2D eigenvalue weighted by molar-refractivity contribution is 0.129. The molecular weight excluding hydrogens is 251 g/mol. The zero-order valence-corrected chi connectivity index (χ0v) is 6.33. The topological polar surface area (TPSA) is 0 Å². The quantitative estimate of drug-likeness (QED) is 0.403. The molecule has 54 valence electrons. The summed E-state index contributed by atoms with van der Waals surface area (Å²) in [7, 11) is 0. The number of hydrogen-bond acceptors (Lipinski definition) is 0. The van der Waals surface area contributed by atoms with Crippen molar-refractivity contribution in [3.8, 4) is 0 Å². The third kappa shape index (κ3) is 8.19. The molecular formula is C4H3F4I. The summed E-state index contributed by atoms with van der Waals surface area (Å²) < 4.78 is 42.5. The van der Waals surface area contributed by atoms with Gasteiger partial charge in [-0.3, -0.25) is 0 Å². The molecule has 0 N–H and O–H groups in total. The van der Waals surface area contributed by atoms with Crippen LogP contribution in [0.2, 0.25) is 0 Å². The Bertz CT molecular complexity index is 110. The van der Waals surface area contributed by atoms with Crippen LogP contribution in [-0.2, 0) is 0 Å². The molecule has 0 aromatic rings. The highest BCUT2D eigenvalue weighted by atomic mass is 127. The van der Waals surface area contributed by atoms with Crippen molar-refractivity contribution in [2.45, 2.75) is 10.4 Å². The van der Waals surface area contributed by atoms with Gasteiger partial charge in [0.15, 0.2) is 0 Å². The summed E-state index contributed by atoms with van der Waals surface area (Å²) in [4.78, 5) is 0. The van der Waals surface area contributed by atoms with E-state index in [-0.39, 0.29) is 6.08 Å². The number of halogens is 5. The first-order chi connectivity index (χ1) is 3.92. The van der Waals surface area contributed by atoms with Crippen LogP contribution in [0.15, 0.2) is 12.2 Å². The Hall–Kier alpha value is 0.190. The summed E-state index contributed by atoms with van der Waals surface area (Å²) in [5, 5.41) is 0. The lowest BCUT2D eigenvalue weighted by Gasteiger charge is -2.01. The molecule has 0 radical (unpaired) electrons.